The highest BCUT2D eigenvalue weighted by atomic mass is 16.5. The van der Waals surface area contributed by atoms with E-state index >= 15 is 0 Å². The van der Waals surface area contributed by atoms with Gasteiger partial charge in [0.2, 0.25) is 0 Å². The molecule has 0 saturated carbocycles. The maximum atomic E-state index is 6.35. The van der Waals surface area contributed by atoms with Crippen LogP contribution in [0.4, 0.5) is 0 Å². The van der Waals surface area contributed by atoms with Crippen LogP contribution in [0.25, 0.3) is 21.5 Å². The topological polar surface area (TPSA) is 18.5 Å². The highest BCUT2D eigenvalue weighted by Gasteiger charge is 2.12. The summed E-state index contributed by atoms with van der Waals surface area (Å²) in [5.74, 6) is 8.81. The van der Waals surface area contributed by atoms with E-state index in [4.69, 9.17) is 9.47 Å². The van der Waals surface area contributed by atoms with E-state index in [0.29, 0.717) is 13.2 Å². The Balaban J connectivity index is 1.43. The molecular formula is C38H30O2. The van der Waals surface area contributed by atoms with Gasteiger partial charge in [0, 0.05) is 21.9 Å². The highest BCUT2D eigenvalue weighted by Crippen LogP contribution is 2.33. The monoisotopic (exact) mass is 518 g/mol. The van der Waals surface area contributed by atoms with Crippen LogP contribution in [-0.2, 0) is 13.2 Å². The fourth-order valence-electron chi connectivity index (χ4n) is 5.06. The first-order valence-electron chi connectivity index (χ1n) is 13.6. The van der Waals surface area contributed by atoms with Crippen LogP contribution in [0.5, 0.6) is 11.5 Å². The minimum Gasteiger partial charge on any atom is -0.488 e. The van der Waals surface area contributed by atoms with Gasteiger partial charge in [-0.1, -0.05) is 121 Å². The Morgan fingerprint density at radius 2 is 0.875 bits per heavy atom. The number of benzene rings is 6. The number of fused-ring (bicyclic) bond motifs is 2. The molecule has 0 aliphatic carbocycles. The van der Waals surface area contributed by atoms with E-state index in [9.17, 15) is 0 Å². The first-order valence-corrected chi connectivity index (χ1v) is 13.6. The second kappa shape index (κ2) is 11.4. The lowest BCUT2D eigenvalue weighted by molar-refractivity contribution is 0.310. The van der Waals surface area contributed by atoms with Crippen LogP contribution in [-0.4, -0.2) is 0 Å². The molecule has 0 N–H and O–H groups in total. The summed E-state index contributed by atoms with van der Waals surface area (Å²) in [6.45, 7) is 5.24. The van der Waals surface area contributed by atoms with Crippen molar-refractivity contribution in [1.29, 1.82) is 0 Å². The van der Waals surface area contributed by atoms with Crippen molar-refractivity contribution in [2.24, 2.45) is 0 Å². The Bertz CT molecular complexity index is 1720. The summed E-state index contributed by atoms with van der Waals surface area (Å²) in [5, 5.41) is 4.32. The predicted molar refractivity (Wildman–Crippen MR) is 165 cm³/mol. The maximum absolute atomic E-state index is 6.35. The second-order valence-corrected chi connectivity index (χ2v) is 10.0. The minimum atomic E-state index is 0.505. The van der Waals surface area contributed by atoms with Gasteiger partial charge >= 0.3 is 0 Å². The van der Waals surface area contributed by atoms with Gasteiger partial charge in [-0.3, -0.25) is 0 Å². The van der Waals surface area contributed by atoms with Crippen LogP contribution in [0, 0.1) is 25.7 Å². The Kier molecular flexibility index (Phi) is 7.20. The van der Waals surface area contributed by atoms with Gasteiger partial charge in [0.15, 0.2) is 0 Å². The van der Waals surface area contributed by atoms with Gasteiger partial charge < -0.3 is 9.47 Å². The molecule has 0 bridgehead atoms. The molecule has 0 spiro atoms. The molecule has 0 aromatic heterocycles. The maximum Gasteiger partial charge on any atom is 0.128 e. The van der Waals surface area contributed by atoms with E-state index in [-0.39, 0.29) is 0 Å². The number of aryl methyl sites for hydroxylation is 2. The van der Waals surface area contributed by atoms with Crippen LogP contribution in [0.1, 0.15) is 33.4 Å². The zero-order chi connectivity index (χ0) is 27.3. The number of ether oxygens (including phenoxy) is 2. The van der Waals surface area contributed by atoms with Crippen molar-refractivity contribution in [3.05, 3.63) is 155 Å². The Hall–Kier alpha value is -5.00. The molecule has 0 radical (unpaired) electrons. The zero-order valence-corrected chi connectivity index (χ0v) is 22.8. The molecule has 6 rings (SSSR count). The van der Waals surface area contributed by atoms with E-state index in [1.807, 2.05) is 60.7 Å². The standard InChI is InChI=1S/C38H30O2/c1-27-19-21-31-15-9-17-35(39-25-29-11-5-3-6-12-29)37(31)33(27)23-24-34-28(2)20-22-32-16-10-18-36(38(32)34)40-26-30-13-7-4-8-14-30/h3-22H,25-26H2,1-2H3. The second-order valence-electron chi connectivity index (χ2n) is 10.0. The van der Waals surface area contributed by atoms with Gasteiger partial charge in [0.05, 0.1) is 0 Å². The van der Waals surface area contributed by atoms with Gasteiger partial charge in [-0.2, -0.15) is 0 Å². The molecule has 194 valence electrons. The number of hydrogen-bond acceptors (Lipinski definition) is 2. The molecule has 40 heavy (non-hydrogen) atoms. The van der Waals surface area contributed by atoms with Gasteiger partial charge in [-0.05, 0) is 59.0 Å². The largest absolute Gasteiger partial charge is 0.488 e. The average Bonchev–Trinajstić information content (AvgIpc) is 3.00. The predicted octanol–water partition coefficient (Wildman–Crippen LogP) is 9.17. The third-order valence-electron chi connectivity index (χ3n) is 7.22. The SMILES string of the molecule is Cc1ccc2cccc(OCc3ccccc3)c2c1C#Cc1c(C)ccc2cccc(OCc3ccccc3)c12. The third kappa shape index (κ3) is 5.28. The van der Waals surface area contributed by atoms with Crippen LogP contribution >= 0.6 is 0 Å². The molecule has 2 heteroatoms. The molecule has 0 heterocycles. The van der Waals surface area contributed by atoms with Crippen molar-refractivity contribution in [3.63, 3.8) is 0 Å². The zero-order valence-electron chi connectivity index (χ0n) is 22.8. The minimum absolute atomic E-state index is 0.505. The van der Waals surface area contributed by atoms with E-state index in [1.54, 1.807) is 0 Å². The quantitative estimate of drug-likeness (QED) is 0.205. The molecule has 0 fully saturated rings. The summed E-state index contributed by atoms with van der Waals surface area (Å²) >= 11 is 0. The molecule has 0 atom stereocenters. The molecule has 0 aliphatic rings. The summed E-state index contributed by atoms with van der Waals surface area (Å²) < 4.78 is 12.7. The van der Waals surface area contributed by atoms with E-state index in [1.165, 1.54) is 0 Å². The van der Waals surface area contributed by atoms with Crippen LogP contribution in [0.3, 0.4) is 0 Å². The van der Waals surface area contributed by atoms with Gasteiger partial charge in [0.25, 0.3) is 0 Å². The summed E-state index contributed by atoms with van der Waals surface area (Å²) in [6, 6.07) is 41.5. The van der Waals surface area contributed by atoms with Gasteiger partial charge in [-0.25, -0.2) is 0 Å². The summed E-state index contributed by atoms with van der Waals surface area (Å²) in [7, 11) is 0. The molecule has 6 aromatic carbocycles. The molecule has 2 nitrogen and oxygen atoms in total. The first-order chi connectivity index (χ1) is 19.7. The number of hydrogen-bond donors (Lipinski definition) is 0. The van der Waals surface area contributed by atoms with E-state index < -0.39 is 0 Å². The summed E-state index contributed by atoms with van der Waals surface area (Å²) in [4.78, 5) is 0. The lowest BCUT2D eigenvalue weighted by Crippen LogP contribution is -1.98. The Morgan fingerprint density at radius 1 is 0.450 bits per heavy atom. The molecular weight excluding hydrogens is 488 g/mol. The van der Waals surface area contributed by atoms with Crippen molar-refractivity contribution < 1.29 is 9.47 Å². The fourth-order valence-corrected chi connectivity index (χ4v) is 5.06. The van der Waals surface area contributed by atoms with E-state index in [2.05, 4.69) is 86.4 Å². The molecule has 0 saturated heterocycles. The Labute approximate surface area is 235 Å². The molecule has 0 unspecified atom stereocenters. The van der Waals surface area contributed by atoms with Crippen LogP contribution in [0.2, 0.25) is 0 Å². The molecule has 6 aromatic rings. The van der Waals surface area contributed by atoms with Crippen molar-refractivity contribution in [2.75, 3.05) is 0 Å². The Morgan fingerprint density at radius 3 is 1.30 bits per heavy atom. The highest BCUT2D eigenvalue weighted by molar-refractivity contribution is 5.97. The van der Waals surface area contributed by atoms with E-state index in [0.717, 1.165) is 66.4 Å². The van der Waals surface area contributed by atoms with Crippen molar-refractivity contribution >= 4 is 21.5 Å². The summed E-state index contributed by atoms with van der Waals surface area (Å²) in [5.41, 5.74) is 6.48. The van der Waals surface area contributed by atoms with Crippen molar-refractivity contribution in [1.82, 2.24) is 0 Å². The molecule has 0 aliphatic heterocycles. The fraction of sp³-hybridized carbons (Fsp3) is 0.105. The smallest absolute Gasteiger partial charge is 0.128 e. The normalized spacial score (nSPS) is 10.8. The third-order valence-corrected chi connectivity index (χ3v) is 7.22. The number of rotatable bonds is 6. The average molecular weight is 519 g/mol. The summed E-state index contributed by atoms with van der Waals surface area (Å²) in [6.07, 6.45) is 0. The van der Waals surface area contributed by atoms with Gasteiger partial charge in [0.1, 0.15) is 24.7 Å². The van der Waals surface area contributed by atoms with Gasteiger partial charge in [-0.15, -0.1) is 0 Å². The first kappa shape index (κ1) is 25.3. The lowest BCUT2D eigenvalue weighted by atomic mass is 9.96. The van der Waals surface area contributed by atoms with Crippen LogP contribution in [0.15, 0.2) is 121 Å². The van der Waals surface area contributed by atoms with Crippen molar-refractivity contribution in [3.8, 4) is 23.3 Å². The lowest BCUT2D eigenvalue weighted by Gasteiger charge is -2.13. The molecule has 0 amide bonds. The van der Waals surface area contributed by atoms with Crippen molar-refractivity contribution in [2.45, 2.75) is 27.1 Å². The van der Waals surface area contributed by atoms with Crippen LogP contribution < -0.4 is 9.47 Å².